The summed E-state index contributed by atoms with van der Waals surface area (Å²) < 4.78 is 1.74. The zero-order chi connectivity index (χ0) is 10.7. The molecule has 0 amide bonds. The molecular formula is C10H13I2NO. The van der Waals surface area contributed by atoms with Crippen LogP contribution >= 0.6 is 45.2 Å². The lowest BCUT2D eigenvalue weighted by molar-refractivity contribution is 0.467. The number of benzene rings is 1. The van der Waals surface area contributed by atoms with Crippen molar-refractivity contribution in [2.75, 3.05) is 0 Å². The normalized spacial score (nSPS) is 12.9. The fourth-order valence-corrected chi connectivity index (χ4v) is 3.09. The first-order valence-corrected chi connectivity index (χ1v) is 6.65. The summed E-state index contributed by atoms with van der Waals surface area (Å²) in [6.45, 7) is 2.12. The topological polar surface area (TPSA) is 46.2 Å². The second-order valence-electron chi connectivity index (χ2n) is 3.23. The average molecular weight is 417 g/mol. The summed E-state index contributed by atoms with van der Waals surface area (Å²) in [6.07, 6.45) is 2.06. The molecule has 0 heterocycles. The van der Waals surface area contributed by atoms with Crippen LogP contribution < -0.4 is 5.73 Å². The van der Waals surface area contributed by atoms with Gasteiger partial charge in [0.15, 0.2) is 0 Å². The molecule has 1 rings (SSSR count). The van der Waals surface area contributed by atoms with Gasteiger partial charge < -0.3 is 10.8 Å². The molecule has 1 aromatic rings. The summed E-state index contributed by atoms with van der Waals surface area (Å²) in [7, 11) is 0. The summed E-state index contributed by atoms with van der Waals surface area (Å²) in [4.78, 5) is 0. The fraction of sp³-hybridized carbons (Fsp3) is 0.400. The second-order valence-corrected chi connectivity index (χ2v) is 5.55. The summed E-state index contributed by atoms with van der Waals surface area (Å²) in [6, 6.07) is 4.00. The minimum absolute atomic E-state index is 0.0858. The highest BCUT2D eigenvalue weighted by Crippen LogP contribution is 2.30. The molecule has 0 aliphatic carbocycles. The van der Waals surface area contributed by atoms with Crippen LogP contribution in [0.2, 0.25) is 0 Å². The molecule has 14 heavy (non-hydrogen) atoms. The average Bonchev–Trinajstić information content (AvgIpc) is 2.13. The summed E-state index contributed by atoms with van der Waals surface area (Å²) in [5.74, 6) is 0.360. The molecule has 0 radical (unpaired) electrons. The summed E-state index contributed by atoms with van der Waals surface area (Å²) >= 11 is 4.25. The quantitative estimate of drug-likeness (QED) is 0.742. The monoisotopic (exact) mass is 417 g/mol. The van der Waals surface area contributed by atoms with Gasteiger partial charge in [0.1, 0.15) is 5.75 Å². The minimum atomic E-state index is 0.0858. The van der Waals surface area contributed by atoms with E-state index in [1.165, 1.54) is 0 Å². The number of phenols is 1. The zero-order valence-corrected chi connectivity index (χ0v) is 12.2. The minimum Gasteiger partial charge on any atom is -0.506 e. The van der Waals surface area contributed by atoms with Gasteiger partial charge in [0, 0.05) is 6.04 Å². The maximum atomic E-state index is 9.59. The summed E-state index contributed by atoms with van der Waals surface area (Å²) in [5, 5.41) is 9.59. The van der Waals surface area contributed by atoms with Gasteiger partial charge in [0.05, 0.1) is 7.14 Å². The van der Waals surface area contributed by atoms with Gasteiger partial charge >= 0.3 is 0 Å². The Morgan fingerprint density at radius 1 is 1.36 bits per heavy atom. The first-order chi connectivity index (χ1) is 6.56. The van der Waals surface area contributed by atoms with Crippen LogP contribution in [0.25, 0.3) is 0 Å². The molecule has 0 aromatic heterocycles. The Kier molecular flexibility index (Phi) is 4.92. The SMILES string of the molecule is CCC[C@H](N)c1cc(I)c(O)c(I)c1. The van der Waals surface area contributed by atoms with E-state index in [2.05, 4.69) is 52.1 Å². The first kappa shape index (κ1) is 12.5. The molecule has 0 bridgehead atoms. The first-order valence-electron chi connectivity index (χ1n) is 4.49. The molecule has 0 fully saturated rings. The molecule has 0 saturated carbocycles. The lowest BCUT2D eigenvalue weighted by atomic mass is 10.0. The standard InChI is InChI=1S/C10H13I2NO/c1-2-3-9(13)6-4-7(11)10(14)8(12)5-6/h4-5,9,14H,2-3,13H2,1H3/t9-/m0/s1. The molecule has 4 heteroatoms. The Morgan fingerprint density at radius 2 is 1.86 bits per heavy atom. The molecule has 1 aromatic carbocycles. The predicted octanol–water partition coefficient (Wildman–Crippen LogP) is 3.40. The van der Waals surface area contributed by atoms with Crippen molar-refractivity contribution in [1.82, 2.24) is 0 Å². The van der Waals surface area contributed by atoms with E-state index in [4.69, 9.17) is 5.73 Å². The van der Waals surface area contributed by atoms with Gasteiger partial charge in [-0.1, -0.05) is 13.3 Å². The number of hydrogen-bond acceptors (Lipinski definition) is 2. The third-order valence-electron chi connectivity index (χ3n) is 2.07. The van der Waals surface area contributed by atoms with Crippen molar-refractivity contribution < 1.29 is 5.11 Å². The van der Waals surface area contributed by atoms with Crippen LogP contribution in [-0.4, -0.2) is 5.11 Å². The number of halogens is 2. The molecule has 0 saturated heterocycles. The molecule has 2 nitrogen and oxygen atoms in total. The van der Waals surface area contributed by atoms with E-state index in [1.807, 2.05) is 12.1 Å². The second kappa shape index (κ2) is 5.50. The van der Waals surface area contributed by atoms with Gasteiger partial charge in [-0.2, -0.15) is 0 Å². The zero-order valence-electron chi connectivity index (χ0n) is 7.93. The van der Waals surface area contributed by atoms with Crippen LogP contribution in [0.5, 0.6) is 5.75 Å². The fourth-order valence-electron chi connectivity index (χ4n) is 1.28. The summed E-state index contributed by atoms with van der Waals surface area (Å²) in [5.41, 5.74) is 7.11. The maximum absolute atomic E-state index is 9.59. The van der Waals surface area contributed by atoms with Crippen LogP contribution in [0.3, 0.4) is 0 Å². The van der Waals surface area contributed by atoms with Gasteiger partial charge in [0.25, 0.3) is 0 Å². The smallest absolute Gasteiger partial charge is 0.142 e. The van der Waals surface area contributed by atoms with Crippen LogP contribution in [0.1, 0.15) is 31.4 Å². The van der Waals surface area contributed by atoms with Gasteiger partial charge in [-0.05, 0) is 69.3 Å². The molecule has 0 aliphatic heterocycles. The molecule has 1 atom stereocenters. The molecule has 0 spiro atoms. The Morgan fingerprint density at radius 3 is 2.29 bits per heavy atom. The van der Waals surface area contributed by atoms with Crippen molar-refractivity contribution in [2.45, 2.75) is 25.8 Å². The third-order valence-corrected chi connectivity index (χ3v) is 3.71. The number of nitrogens with two attached hydrogens (primary N) is 1. The molecule has 78 valence electrons. The van der Waals surface area contributed by atoms with Gasteiger partial charge in [-0.25, -0.2) is 0 Å². The molecule has 0 unspecified atom stereocenters. The highest BCUT2D eigenvalue weighted by atomic mass is 127. The van der Waals surface area contributed by atoms with Gasteiger partial charge in [0.2, 0.25) is 0 Å². The van der Waals surface area contributed by atoms with E-state index in [-0.39, 0.29) is 6.04 Å². The van der Waals surface area contributed by atoms with Gasteiger partial charge in [-0.3, -0.25) is 0 Å². The van der Waals surface area contributed by atoms with Crippen LogP contribution in [-0.2, 0) is 0 Å². The van der Waals surface area contributed by atoms with Crippen LogP contribution in [0.15, 0.2) is 12.1 Å². The number of phenolic OH excluding ortho intramolecular Hbond substituents is 1. The van der Waals surface area contributed by atoms with Crippen molar-refractivity contribution in [3.8, 4) is 5.75 Å². The molecular weight excluding hydrogens is 404 g/mol. The van der Waals surface area contributed by atoms with E-state index < -0.39 is 0 Å². The van der Waals surface area contributed by atoms with Crippen molar-refractivity contribution >= 4 is 45.2 Å². The highest BCUT2D eigenvalue weighted by Gasteiger charge is 2.10. The lowest BCUT2D eigenvalue weighted by Crippen LogP contribution is -2.10. The highest BCUT2D eigenvalue weighted by molar-refractivity contribution is 14.1. The van der Waals surface area contributed by atoms with Crippen LogP contribution in [0.4, 0.5) is 0 Å². The van der Waals surface area contributed by atoms with E-state index in [9.17, 15) is 5.11 Å². The van der Waals surface area contributed by atoms with Crippen molar-refractivity contribution in [3.05, 3.63) is 24.8 Å². The maximum Gasteiger partial charge on any atom is 0.142 e. The number of hydrogen-bond donors (Lipinski definition) is 2. The Bertz CT molecular complexity index is 305. The van der Waals surface area contributed by atoms with E-state index in [0.29, 0.717) is 5.75 Å². The van der Waals surface area contributed by atoms with Crippen LogP contribution in [0, 0.1) is 7.14 Å². The van der Waals surface area contributed by atoms with Crippen molar-refractivity contribution in [2.24, 2.45) is 5.73 Å². The third kappa shape index (κ3) is 2.96. The van der Waals surface area contributed by atoms with Crippen molar-refractivity contribution in [3.63, 3.8) is 0 Å². The van der Waals surface area contributed by atoms with Gasteiger partial charge in [-0.15, -0.1) is 0 Å². The predicted molar refractivity (Wildman–Crippen MR) is 75.4 cm³/mol. The Labute approximate surface area is 112 Å². The number of rotatable bonds is 3. The Balaban J connectivity index is 3.00. The lowest BCUT2D eigenvalue weighted by Gasteiger charge is -2.12. The van der Waals surface area contributed by atoms with E-state index in [1.54, 1.807) is 0 Å². The number of aromatic hydroxyl groups is 1. The van der Waals surface area contributed by atoms with E-state index in [0.717, 1.165) is 25.5 Å². The van der Waals surface area contributed by atoms with E-state index >= 15 is 0 Å². The molecule has 3 N–H and O–H groups in total. The largest absolute Gasteiger partial charge is 0.506 e. The Hall–Kier alpha value is 0.440. The molecule has 0 aliphatic rings. The van der Waals surface area contributed by atoms with Crippen molar-refractivity contribution in [1.29, 1.82) is 0 Å².